The van der Waals surface area contributed by atoms with E-state index in [1.807, 2.05) is 0 Å². The topological polar surface area (TPSA) is 9.23 Å². The Hall–Kier alpha value is -0.906. The Kier molecular flexibility index (Phi) is 2.63. The molecule has 3 rings (SSSR count). The van der Waals surface area contributed by atoms with Crippen molar-refractivity contribution in [2.45, 2.75) is 32.8 Å². The molecule has 0 N–H and O–H groups in total. The fraction of sp³-hybridized carbons (Fsp3) is 0.375. The van der Waals surface area contributed by atoms with Gasteiger partial charge in [0.05, 0.1) is 13.2 Å². The average Bonchev–Trinajstić information content (AvgIpc) is 2.48. The summed E-state index contributed by atoms with van der Waals surface area (Å²) < 4.78 is 5.62. The van der Waals surface area contributed by atoms with Crippen LogP contribution in [0.15, 0.2) is 30.1 Å². The zero-order chi connectivity index (χ0) is 14.0. The van der Waals surface area contributed by atoms with Gasteiger partial charge in [0.1, 0.15) is 16.1 Å². The molecule has 0 unspecified atom stereocenters. The van der Waals surface area contributed by atoms with E-state index in [1.165, 1.54) is 11.1 Å². The molecule has 0 aliphatic carbocycles. The van der Waals surface area contributed by atoms with Gasteiger partial charge in [-0.2, -0.15) is 0 Å². The minimum absolute atomic E-state index is 0.676. The maximum absolute atomic E-state index is 5.62. The van der Waals surface area contributed by atoms with Gasteiger partial charge in [-0.3, -0.25) is 0 Å². The second-order valence-electron chi connectivity index (χ2n) is 6.88. The van der Waals surface area contributed by atoms with Crippen LogP contribution in [0, 0.1) is 0 Å². The van der Waals surface area contributed by atoms with E-state index in [9.17, 15) is 0 Å². The lowest BCUT2D eigenvalue weighted by Crippen LogP contribution is -2.45. The Morgan fingerprint density at radius 3 is 2.16 bits per heavy atom. The summed E-state index contributed by atoms with van der Waals surface area (Å²) >= 11 is 0. The number of hydrogen-bond acceptors (Lipinski definition) is 1. The van der Waals surface area contributed by atoms with Crippen molar-refractivity contribution in [3.05, 3.63) is 41.2 Å². The summed E-state index contributed by atoms with van der Waals surface area (Å²) in [5.41, 5.74) is 3.80. The molecule has 0 bridgehead atoms. The zero-order valence-electron chi connectivity index (χ0n) is 12.4. The Labute approximate surface area is 118 Å². The first kappa shape index (κ1) is 13.1. The molecule has 3 heteroatoms. The van der Waals surface area contributed by atoms with Crippen LogP contribution >= 0.6 is 0 Å². The van der Waals surface area contributed by atoms with Gasteiger partial charge in [0.15, 0.2) is 0 Å². The molecule has 19 heavy (non-hydrogen) atoms. The molecule has 0 amide bonds. The first-order valence-electron chi connectivity index (χ1n) is 6.90. The molecule has 2 aliphatic heterocycles. The second kappa shape index (κ2) is 3.81. The predicted octanol–water partition coefficient (Wildman–Crippen LogP) is 2.71. The summed E-state index contributed by atoms with van der Waals surface area (Å²) in [5, 5.41) is 3.21. The standard InChI is InChI=1S/C16H22OSi2/c1-11-9-17-10-13-7-15-16(8-14(11)13)19(5,6)12(2)18(15,3)4/h7-8H,1-2,9-10H2,3-6H3. The fourth-order valence-corrected chi connectivity index (χ4v) is 15.7. The molecule has 0 saturated heterocycles. The van der Waals surface area contributed by atoms with E-state index >= 15 is 0 Å². The largest absolute Gasteiger partial charge is 0.372 e. The highest BCUT2D eigenvalue weighted by Gasteiger charge is 2.48. The van der Waals surface area contributed by atoms with Crippen LogP contribution in [0.1, 0.15) is 11.1 Å². The lowest BCUT2D eigenvalue weighted by atomic mass is 10.00. The quantitative estimate of drug-likeness (QED) is 0.666. The van der Waals surface area contributed by atoms with E-state index in [4.69, 9.17) is 4.74 Å². The molecule has 0 fully saturated rings. The van der Waals surface area contributed by atoms with E-state index in [-0.39, 0.29) is 0 Å². The Morgan fingerprint density at radius 1 is 0.947 bits per heavy atom. The van der Waals surface area contributed by atoms with E-state index in [0.717, 1.165) is 12.2 Å². The van der Waals surface area contributed by atoms with E-state index in [2.05, 4.69) is 51.5 Å². The molecule has 0 saturated carbocycles. The molecule has 2 heterocycles. The van der Waals surface area contributed by atoms with Crippen molar-refractivity contribution >= 4 is 32.1 Å². The van der Waals surface area contributed by atoms with Crippen LogP contribution in [0.2, 0.25) is 26.2 Å². The molecular weight excluding hydrogens is 264 g/mol. The molecule has 1 nitrogen and oxygen atoms in total. The van der Waals surface area contributed by atoms with Gasteiger partial charge in [-0.15, -0.1) is 6.58 Å². The number of benzene rings is 1. The molecule has 0 radical (unpaired) electrons. The van der Waals surface area contributed by atoms with Crippen molar-refractivity contribution in [1.29, 1.82) is 0 Å². The van der Waals surface area contributed by atoms with Crippen molar-refractivity contribution < 1.29 is 4.74 Å². The van der Waals surface area contributed by atoms with Gasteiger partial charge in [-0.1, -0.05) is 60.1 Å². The lowest BCUT2D eigenvalue weighted by molar-refractivity contribution is 0.146. The third-order valence-electron chi connectivity index (χ3n) is 5.01. The van der Waals surface area contributed by atoms with Crippen LogP contribution in [-0.2, 0) is 11.3 Å². The summed E-state index contributed by atoms with van der Waals surface area (Å²) in [5.74, 6) is 0. The maximum Gasteiger partial charge on any atom is 0.103 e. The molecule has 1 aromatic rings. The van der Waals surface area contributed by atoms with Gasteiger partial charge in [0, 0.05) is 0 Å². The highest BCUT2D eigenvalue weighted by atomic mass is 28.4. The van der Waals surface area contributed by atoms with Crippen LogP contribution < -0.4 is 10.4 Å². The summed E-state index contributed by atoms with van der Waals surface area (Å²) in [6.07, 6.45) is 0. The van der Waals surface area contributed by atoms with E-state index in [0.29, 0.717) is 6.61 Å². The number of hydrogen-bond donors (Lipinski definition) is 0. The monoisotopic (exact) mass is 286 g/mol. The van der Waals surface area contributed by atoms with Gasteiger partial charge in [-0.25, -0.2) is 0 Å². The van der Waals surface area contributed by atoms with Crippen molar-refractivity contribution in [3.8, 4) is 0 Å². The third kappa shape index (κ3) is 1.62. The summed E-state index contributed by atoms with van der Waals surface area (Å²) in [6, 6.07) is 4.84. The molecular formula is C16H22OSi2. The minimum atomic E-state index is -1.50. The number of ether oxygens (including phenoxy) is 1. The van der Waals surface area contributed by atoms with Crippen LogP contribution in [0.3, 0.4) is 0 Å². The molecule has 100 valence electrons. The van der Waals surface area contributed by atoms with Crippen LogP contribution in [0.25, 0.3) is 5.57 Å². The van der Waals surface area contributed by atoms with Crippen LogP contribution in [-0.4, -0.2) is 22.8 Å². The van der Waals surface area contributed by atoms with E-state index in [1.54, 1.807) is 15.2 Å². The summed E-state index contributed by atoms with van der Waals surface area (Å²) in [7, 11) is -3.00. The van der Waals surface area contributed by atoms with Gasteiger partial charge in [0.25, 0.3) is 0 Å². The highest BCUT2D eigenvalue weighted by molar-refractivity contribution is 7.22. The number of fused-ring (bicyclic) bond motifs is 2. The van der Waals surface area contributed by atoms with Gasteiger partial charge < -0.3 is 4.74 Å². The molecule has 2 aliphatic rings. The molecule has 0 spiro atoms. The third-order valence-corrected chi connectivity index (χ3v) is 15.6. The summed E-state index contributed by atoms with van der Waals surface area (Å²) in [6.45, 7) is 19.9. The molecule has 1 aromatic carbocycles. The first-order chi connectivity index (χ1) is 8.76. The molecule has 0 aromatic heterocycles. The fourth-order valence-electron chi connectivity index (χ4n) is 3.60. The van der Waals surface area contributed by atoms with Crippen molar-refractivity contribution in [2.75, 3.05) is 6.61 Å². The predicted molar refractivity (Wildman–Crippen MR) is 88.5 cm³/mol. The molecule has 0 atom stereocenters. The van der Waals surface area contributed by atoms with Gasteiger partial charge in [-0.05, 0) is 16.7 Å². The van der Waals surface area contributed by atoms with Crippen molar-refractivity contribution in [1.82, 2.24) is 0 Å². The van der Waals surface area contributed by atoms with Gasteiger partial charge in [0.2, 0.25) is 0 Å². The van der Waals surface area contributed by atoms with Crippen LogP contribution in [0.5, 0.6) is 0 Å². The zero-order valence-corrected chi connectivity index (χ0v) is 14.4. The lowest BCUT2D eigenvalue weighted by Gasteiger charge is -2.24. The smallest absolute Gasteiger partial charge is 0.103 e. The first-order valence-corrected chi connectivity index (χ1v) is 12.9. The minimum Gasteiger partial charge on any atom is -0.372 e. The highest BCUT2D eigenvalue weighted by Crippen LogP contribution is 2.33. The van der Waals surface area contributed by atoms with Crippen molar-refractivity contribution in [3.63, 3.8) is 0 Å². The second-order valence-corrected chi connectivity index (χ2v) is 16.2. The van der Waals surface area contributed by atoms with Crippen LogP contribution in [0.4, 0.5) is 0 Å². The average molecular weight is 287 g/mol. The number of rotatable bonds is 0. The Bertz CT molecular complexity index is 611. The maximum atomic E-state index is 5.62. The van der Waals surface area contributed by atoms with Crippen molar-refractivity contribution in [2.24, 2.45) is 0 Å². The Morgan fingerprint density at radius 2 is 1.53 bits per heavy atom. The Balaban J connectivity index is 2.31. The SMILES string of the molecule is C=C1COCc2cc3c(cc21)[Si](C)(C)C(=C)[Si]3(C)C. The van der Waals surface area contributed by atoms with E-state index < -0.39 is 16.1 Å². The normalized spacial score (nSPS) is 23.2. The van der Waals surface area contributed by atoms with Gasteiger partial charge >= 0.3 is 0 Å². The summed E-state index contributed by atoms with van der Waals surface area (Å²) in [4.78, 5) is 1.57.